The molecule has 180 valence electrons. The van der Waals surface area contributed by atoms with E-state index in [1.54, 1.807) is 18.2 Å². The Balaban J connectivity index is 0.000000336. The number of phenols is 2. The van der Waals surface area contributed by atoms with Gasteiger partial charge in [0.25, 0.3) is 0 Å². The van der Waals surface area contributed by atoms with Gasteiger partial charge in [-0.05, 0) is 24.3 Å². The standard InChI is InChI=1S/C14H12O4.C6H8ClN7O.ClH/c1-18-9-6-7-11(13(16)8-9)14(17)10-4-2-3-5-12(10)15;7-2-4(9)13-3(8)1(12-2)5(15)14-6(10)11;/h2-8,15-16H,1H3;(H4,8,9,13)(H4,10,11,14,15);1H. The minimum Gasteiger partial charge on any atom is -0.507 e. The Morgan fingerprint density at radius 1 is 0.971 bits per heavy atom. The molecule has 14 heteroatoms. The third-order valence-corrected chi connectivity index (χ3v) is 4.21. The van der Waals surface area contributed by atoms with Gasteiger partial charge in [0.1, 0.15) is 17.2 Å². The van der Waals surface area contributed by atoms with Gasteiger partial charge in [-0.3, -0.25) is 9.59 Å². The van der Waals surface area contributed by atoms with Gasteiger partial charge in [0.2, 0.25) is 0 Å². The van der Waals surface area contributed by atoms with Gasteiger partial charge < -0.3 is 37.9 Å². The maximum Gasteiger partial charge on any atom is 0.302 e. The molecule has 10 N–H and O–H groups in total. The number of nitrogens with zero attached hydrogens (tertiary/aromatic N) is 3. The largest absolute Gasteiger partial charge is 0.507 e. The van der Waals surface area contributed by atoms with E-state index >= 15 is 0 Å². The zero-order chi connectivity index (χ0) is 24.7. The number of ketones is 1. The molecule has 0 unspecified atom stereocenters. The fourth-order valence-corrected chi connectivity index (χ4v) is 2.54. The lowest BCUT2D eigenvalue weighted by Gasteiger charge is -2.07. The number of rotatable bonds is 4. The van der Waals surface area contributed by atoms with Crippen LogP contribution in [0, 0.1) is 0 Å². The molecule has 1 heterocycles. The second-order valence-electron chi connectivity index (χ2n) is 6.20. The lowest BCUT2D eigenvalue weighted by Crippen LogP contribution is -2.24. The summed E-state index contributed by atoms with van der Waals surface area (Å²) in [6, 6.07) is 10.6. The number of para-hydroxylation sites is 1. The molecule has 0 bridgehead atoms. The number of anilines is 2. The first-order valence-corrected chi connectivity index (χ1v) is 9.35. The molecule has 0 aliphatic carbocycles. The maximum atomic E-state index is 12.1. The third-order valence-electron chi connectivity index (χ3n) is 3.94. The van der Waals surface area contributed by atoms with E-state index in [0.717, 1.165) is 0 Å². The molecule has 0 saturated heterocycles. The van der Waals surface area contributed by atoms with E-state index < -0.39 is 17.6 Å². The first-order valence-electron chi connectivity index (χ1n) is 8.97. The summed E-state index contributed by atoms with van der Waals surface area (Å²) in [6.07, 6.45) is 0. The van der Waals surface area contributed by atoms with Crippen LogP contribution in [-0.2, 0) is 0 Å². The van der Waals surface area contributed by atoms with Crippen molar-refractivity contribution < 1.29 is 24.5 Å². The molecular formula is C20H21Cl2N7O5. The highest BCUT2D eigenvalue weighted by Gasteiger charge is 2.17. The van der Waals surface area contributed by atoms with Crippen LogP contribution in [0.3, 0.4) is 0 Å². The number of halogens is 2. The first-order chi connectivity index (χ1) is 15.5. The molecule has 3 rings (SSSR count). The van der Waals surface area contributed by atoms with Gasteiger partial charge >= 0.3 is 5.91 Å². The topological polar surface area (TPSA) is 226 Å². The van der Waals surface area contributed by atoms with E-state index in [1.807, 2.05) is 0 Å². The number of ether oxygens (including phenoxy) is 1. The number of phenolic OH excluding ortho intramolecular Hbond substituents is 2. The molecular weight excluding hydrogens is 489 g/mol. The van der Waals surface area contributed by atoms with Crippen molar-refractivity contribution in [3.8, 4) is 17.2 Å². The number of carbonyl (C=O) groups excluding carboxylic acids is 2. The van der Waals surface area contributed by atoms with Crippen molar-refractivity contribution in [3.05, 3.63) is 64.4 Å². The Hall–Kier alpha value is -4.29. The molecule has 12 nitrogen and oxygen atoms in total. The number of methoxy groups -OCH3 is 1. The number of aromatic nitrogens is 2. The normalized spacial score (nSPS) is 9.59. The molecule has 34 heavy (non-hydrogen) atoms. The van der Waals surface area contributed by atoms with Crippen molar-refractivity contribution in [2.45, 2.75) is 0 Å². The third kappa shape index (κ3) is 6.85. The van der Waals surface area contributed by atoms with Crippen LogP contribution < -0.4 is 27.7 Å². The van der Waals surface area contributed by atoms with E-state index in [2.05, 4.69) is 15.0 Å². The van der Waals surface area contributed by atoms with Gasteiger partial charge in [-0.25, -0.2) is 9.97 Å². The van der Waals surface area contributed by atoms with Crippen LogP contribution in [0.2, 0.25) is 5.15 Å². The summed E-state index contributed by atoms with van der Waals surface area (Å²) in [4.78, 5) is 33.9. The molecule has 1 aromatic heterocycles. The Morgan fingerprint density at radius 3 is 2.15 bits per heavy atom. The van der Waals surface area contributed by atoms with Crippen molar-refractivity contribution in [1.82, 2.24) is 9.97 Å². The van der Waals surface area contributed by atoms with Crippen LogP contribution in [0.15, 0.2) is 47.5 Å². The molecule has 0 aliphatic heterocycles. The lowest BCUT2D eigenvalue weighted by atomic mass is 10.0. The number of carbonyl (C=O) groups is 2. The van der Waals surface area contributed by atoms with E-state index in [0.29, 0.717) is 5.75 Å². The average molecular weight is 510 g/mol. The van der Waals surface area contributed by atoms with E-state index in [1.165, 1.54) is 31.4 Å². The maximum absolute atomic E-state index is 12.1. The van der Waals surface area contributed by atoms with E-state index in [4.69, 9.17) is 39.3 Å². The Labute approximate surface area is 204 Å². The molecule has 0 atom stereocenters. The van der Waals surface area contributed by atoms with Crippen LogP contribution in [0.4, 0.5) is 11.6 Å². The summed E-state index contributed by atoms with van der Waals surface area (Å²) in [5, 5.41) is 19.2. The van der Waals surface area contributed by atoms with E-state index in [9.17, 15) is 19.8 Å². The second kappa shape index (κ2) is 12.1. The second-order valence-corrected chi connectivity index (χ2v) is 6.56. The Kier molecular flexibility index (Phi) is 9.86. The van der Waals surface area contributed by atoms with Crippen molar-refractivity contribution in [1.29, 1.82) is 0 Å². The minimum atomic E-state index is -0.832. The summed E-state index contributed by atoms with van der Waals surface area (Å²) in [5.74, 6) is -1.77. The monoisotopic (exact) mass is 509 g/mol. The number of benzene rings is 2. The molecule has 3 aromatic rings. The average Bonchev–Trinajstić information content (AvgIpc) is 2.76. The smallest absolute Gasteiger partial charge is 0.302 e. The van der Waals surface area contributed by atoms with Crippen molar-refractivity contribution in [2.75, 3.05) is 18.6 Å². The highest BCUT2D eigenvalue weighted by atomic mass is 35.5. The van der Waals surface area contributed by atoms with Crippen LogP contribution in [0.1, 0.15) is 26.4 Å². The lowest BCUT2D eigenvalue weighted by molar-refractivity contribution is 0.0996. The summed E-state index contributed by atoms with van der Waals surface area (Å²) < 4.78 is 4.94. The van der Waals surface area contributed by atoms with Crippen LogP contribution in [0.25, 0.3) is 0 Å². The van der Waals surface area contributed by atoms with Gasteiger partial charge in [0.15, 0.2) is 34.2 Å². The summed E-state index contributed by atoms with van der Waals surface area (Å²) >= 11 is 5.55. The van der Waals surface area contributed by atoms with Crippen LogP contribution >= 0.6 is 24.0 Å². The van der Waals surface area contributed by atoms with Gasteiger partial charge in [-0.15, -0.1) is 12.4 Å². The molecule has 0 aliphatic rings. The number of aromatic hydroxyl groups is 2. The zero-order valence-corrected chi connectivity index (χ0v) is 19.2. The van der Waals surface area contributed by atoms with Gasteiger partial charge in [-0.2, -0.15) is 4.99 Å². The predicted molar refractivity (Wildman–Crippen MR) is 129 cm³/mol. The first kappa shape index (κ1) is 27.7. The molecule has 0 radical (unpaired) electrons. The highest BCUT2D eigenvalue weighted by molar-refractivity contribution is 6.31. The quantitative estimate of drug-likeness (QED) is 0.167. The van der Waals surface area contributed by atoms with Gasteiger partial charge in [-0.1, -0.05) is 23.7 Å². The summed E-state index contributed by atoms with van der Waals surface area (Å²) in [5.41, 5.74) is 20.7. The predicted octanol–water partition coefficient (Wildman–Crippen LogP) is 1.47. The highest BCUT2D eigenvalue weighted by Crippen LogP contribution is 2.28. The Bertz CT molecular complexity index is 1230. The number of aliphatic imine (C=N–C) groups is 1. The summed E-state index contributed by atoms with van der Waals surface area (Å²) in [6.45, 7) is 0. The molecule has 0 fully saturated rings. The molecule has 0 saturated carbocycles. The zero-order valence-electron chi connectivity index (χ0n) is 17.6. The van der Waals surface area contributed by atoms with Crippen molar-refractivity contribution >= 4 is 53.3 Å². The van der Waals surface area contributed by atoms with Crippen LogP contribution in [-0.4, -0.2) is 44.9 Å². The van der Waals surface area contributed by atoms with Crippen molar-refractivity contribution in [3.63, 3.8) is 0 Å². The van der Waals surface area contributed by atoms with E-state index in [-0.39, 0.29) is 57.5 Å². The minimum absolute atomic E-state index is 0. The molecule has 0 spiro atoms. The number of nitrogen functional groups attached to an aromatic ring is 2. The summed E-state index contributed by atoms with van der Waals surface area (Å²) in [7, 11) is 1.47. The number of hydrogen-bond acceptors (Lipinski definition) is 9. The van der Waals surface area contributed by atoms with Crippen LogP contribution in [0.5, 0.6) is 17.2 Å². The Morgan fingerprint density at radius 2 is 1.59 bits per heavy atom. The molecule has 1 amide bonds. The number of nitrogens with two attached hydrogens (primary N) is 4. The number of guanidine groups is 1. The fraction of sp³-hybridized carbons (Fsp3) is 0.0500. The number of amides is 1. The van der Waals surface area contributed by atoms with Crippen molar-refractivity contribution in [2.24, 2.45) is 16.5 Å². The fourth-order valence-electron chi connectivity index (χ4n) is 2.41. The molecule has 2 aromatic carbocycles. The van der Waals surface area contributed by atoms with Gasteiger partial charge in [0.05, 0.1) is 18.2 Å². The van der Waals surface area contributed by atoms with Gasteiger partial charge in [0, 0.05) is 6.07 Å². The number of hydrogen-bond donors (Lipinski definition) is 6. The SMILES string of the molecule is COc1ccc(C(=O)c2ccccc2O)c(O)c1.Cl.NC(N)=NC(=O)c1nc(Cl)c(N)nc1N.